The van der Waals surface area contributed by atoms with Crippen molar-refractivity contribution in [2.24, 2.45) is 0 Å². The Hall–Kier alpha value is 1.15. The van der Waals surface area contributed by atoms with Crippen LogP contribution < -0.4 is 5.32 Å². The van der Waals surface area contributed by atoms with E-state index in [4.69, 9.17) is 0 Å². The molecule has 0 aromatic carbocycles. The third kappa shape index (κ3) is 50.7. The van der Waals surface area contributed by atoms with E-state index in [1.807, 2.05) is 0 Å². The Bertz CT molecular complexity index is 172. The van der Waals surface area contributed by atoms with Gasteiger partial charge in [-0.25, -0.2) is 0 Å². The molecule has 0 atom stereocenters. The molecule has 0 aliphatic rings. The molecular weight excluding hydrogens is 406 g/mol. The van der Waals surface area contributed by atoms with Crippen molar-refractivity contribution in [3.8, 4) is 0 Å². The minimum Gasteiger partial charge on any atom is -0.654 e. The van der Waals surface area contributed by atoms with Crippen molar-refractivity contribution < 1.29 is 75.0 Å². The maximum absolute atomic E-state index is 10.2. The van der Waals surface area contributed by atoms with Gasteiger partial charge in [-0.05, 0) is 13.3 Å². The molecule has 0 unspecified atom stereocenters. The molecule has 0 rings (SSSR count). The smallest absolute Gasteiger partial charge is 0.216 e. The zero-order chi connectivity index (χ0) is 12.8. The first-order chi connectivity index (χ1) is 7.54. The van der Waals surface area contributed by atoms with Crippen molar-refractivity contribution in [1.29, 1.82) is 0 Å². The van der Waals surface area contributed by atoms with E-state index in [-0.39, 0.29) is 92.1 Å². The van der Waals surface area contributed by atoms with E-state index in [0.29, 0.717) is 6.54 Å². The number of nitrogens with zero attached hydrogens (tertiary/aromatic N) is 1. The summed E-state index contributed by atoms with van der Waals surface area (Å²) in [6.45, 7) is 8.72. The van der Waals surface area contributed by atoms with Gasteiger partial charge in [-0.1, -0.05) is 40.5 Å². The maximum atomic E-state index is 10.2. The van der Waals surface area contributed by atoms with Crippen molar-refractivity contribution in [3.05, 3.63) is 12.7 Å². The van der Waals surface area contributed by atoms with Gasteiger partial charge in [0.25, 0.3) is 0 Å². The Morgan fingerprint density at radius 3 is 1.75 bits per heavy atom. The molecule has 0 aliphatic carbocycles. The van der Waals surface area contributed by atoms with Crippen LogP contribution in [0, 0.1) is 7.43 Å². The second kappa shape index (κ2) is 32.2. The molecule has 0 aliphatic heterocycles. The Labute approximate surface area is 177 Å². The number of carbonyl (C=O) groups excluding carboxylic acids is 2. The SMILES string of the molecule is C.CCCCNC(C)=O.CCCC[N-]C(C)=O.[CH3-].[Y].[Y]. The van der Waals surface area contributed by atoms with E-state index < -0.39 is 0 Å². The standard InChI is InChI=1S/2C6H13NO.CH4.CH3.2Y/c2*1-3-4-5-7-6(2)8;;;;/h2*3-5H2,1-2H3,(H,7,8);1H4;1H3;;/q;;;-1;;/p-1. The minimum atomic E-state index is -0.0570. The zero-order valence-corrected chi connectivity index (χ0v) is 18.8. The van der Waals surface area contributed by atoms with Crippen LogP contribution in [0.25, 0.3) is 5.32 Å². The van der Waals surface area contributed by atoms with Crippen LogP contribution in [0.2, 0.25) is 0 Å². The summed E-state index contributed by atoms with van der Waals surface area (Å²) in [5, 5.41) is 6.38. The van der Waals surface area contributed by atoms with Crippen LogP contribution >= 0.6 is 0 Å². The number of unbranched alkanes of at least 4 members (excludes halogenated alkanes) is 2. The molecule has 0 fully saturated rings. The van der Waals surface area contributed by atoms with Crippen LogP contribution in [0.5, 0.6) is 0 Å². The first-order valence-corrected chi connectivity index (χ1v) is 5.97. The third-order valence-electron chi connectivity index (χ3n) is 1.75. The van der Waals surface area contributed by atoms with E-state index in [2.05, 4.69) is 24.5 Å². The summed E-state index contributed by atoms with van der Waals surface area (Å²) in [5.74, 6) is 0.0110. The summed E-state index contributed by atoms with van der Waals surface area (Å²) < 4.78 is 0. The van der Waals surface area contributed by atoms with Crippen LogP contribution in [0.1, 0.15) is 60.8 Å². The molecule has 0 aromatic rings. The van der Waals surface area contributed by atoms with Crippen molar-refractivity contribution >= 4 is 11.8 Å². The maximum Gasteiger partial charge on any atom is 0.216 e. The molecule has 0 saturated carbocycles. The number of nitrogens with one attached hydrogen (secondary N) is 1. The number of amides is 2. The fraction of sp³-hybridized carbons (Fsp3) is 0.786. The molecule has 0 spiro atoms. The van der Waals surface area contributed by atoms with E-state index >= 15 is 0 Å². The number of carbonyl (C=O) groups is 2. The molecule has 4 nitrogen and oxygen atoms in total. The third-order valence-corrected chi connectivity index (χ3v) is 1.75. The Morgan fingerprint density at radius 2 is 1.45 bits per heavy atom. The molecule has 0 saturated heterocycles. The van der Waals surface area contributed by atoms with Crippen LogP contribution in [-0.4, -0.2) is 24.9 Å². The van der Waals surface area contributed by atoms with Gasteiger partial charge in [0.1, 0.15) is 0 Å². The van der Waals surface area contributed by atoms with Gasteiger partial charge in [-0.15, -0.1) is 6.54 Å². The molecule has 118 valence electrons. The van der Waals surface area contributed by atoms with Gasteiger partial charge < -0.3 is 22.9 Å². The van der Waals surface area contributed by atoms with Crippen molar-refractivity contribution in [3.63, 3.8) is 0 Å². The number of rotatable bonds is 6. The van der Waals surface area contributed by atoms with Gasteiger partial charge in [0.2, 0.25) is 5.91 Å². The predicted molar refractivity (Wildman–Crippen MR) is 80.6 cm³/mol. The largest absolute Gasteiger partial charge is 0.654 e. The van der Waals surface area contributed by atoms with Gasteiger partial charge in [0.05, 0.1) is 0 Å². The molecule has 2 amide bonds. The second-order valence-electron chi connectivity index (χ2n) is 3.59. The summed E-state index contributed by atoms with van der Waals surface area (Å²) in [5.41, 5.74) is 0. The fourth-order valence-electron chi connectivity index (χ4n) is 0.836. The summed E-state index contributed by atoms with van der Waals surface area (Å²) in [7, 11) is 0. The van der Waals surface area contributed by atoms with Crippen molar-refractivity contribution in [1.82, 2.24) is 5.32 Å². The molecule has 1 N–H and O–H groups in total. The molecule has 0 bridgehead atoms. The summed E-state index contributed by atoms with van der Waals surface area (Å²) in [6.07, 6.45) is 4.36. The Balaban J connectivity index is -0.0000000408. The molecule has 0 aromatic heterocycles. The average Bonchev–Trinajstić information content (AvgIpc) is 2.18. The minimum absolute atomic E-state index is 0. The molecular formula is C14H32N2O2Y2-2. The predicted octanol–water partition coefficient (Wildman–Crippen LogP) is 3.71. The topological polar surface area (TPSA) is 60.3 Å². The van der Waals surface area contributed by atoms with Gasteiger partial charge in [-0.3, -0.25) is 4.79 Å². The Kier molecular flexibility index (Phi) is 60.2. The van der Waals surface area contributed by atoms with E-state index in [0.717, 1.165) is 32.2 Å². The number of hydrogen-bond acceptors (Lipinski definition) is 2. The van der Waals surface area contributed by atoms with Crippen molar-refractivity contribution in [2.45, 2.75) is 60.8 Å². The average molecular weight is 438 g/mol. The molecule has 2 radical (unpaired) electrons. The Morgan fingerprint density at radius 1 is 1.00 bits per heavy atom. The fourth-order valence-corrected chi connectivity index (χ4v) is 0.836. The van der Waals surface area contributed by atoms with Crippen molar-refractivity contribution in [2.75, 3.05) is 13.1 Å². The van der Waals surface area contributed by atoms with Gasteiger partial charge in [0, 0.05) is 84.8 Å². The molecule has 20 heavy (non-hydrogen) atoms. The normalized spacial score (nSPS) is 7.00. The van der Waals surface area contributed by atoms with E-state index in [1.165, 1.54) is 13.8 Å². The van der Waals surface area contributed by atoms with Crippen LogP contribution in [0.4, 0.5) is 0 Å². The van der Waals surface area contributed by atoms with Crippen LogP contribution in [-0.2, 0) is 75.0 Å². The summed E-state index contributed by atoms with van der Waals surface area (Å²) >= 11 is 0. The first-order valence-electron chi connectivity index (χ1n) is 5.97. The zero-order valence-electron chi connectivity index (χ0n) is 13.2. The number of hydrogen-bond donors (Lipinski definition) is 1. The summed E-state index contributed by atoms with van der Waals surface area (Å²) in [6, 6.07) is 0. The monoisotopic (exact) mass is 438 g/mol. The molecule has 6 heteroatoms. The van der Waals surface area contributed by atoms with Crippen LogP contribution in [0.3, 0.4) is 0 Å². The second-order valence-corrected chi connectivity index (χ2v) is 3.59. The summed E-state index contributed by atoms with van der Waals surface area (Å²) in [4.78, 5) is 20.4. The van der Waals surface area contributed by atoms with E-state index in [1.54, 1.807) is 0 Å². The first kappa shape index (κ1) is 37.4. The van der Waals surface area contributed by atoms with Gasteiger partial charge in [0.15, 0.2) is 0 Å². The van der Waals surface area contributed by atoms with Gasteiger partial charge >= 0.3 is 0 Å². The van der Waals surface area contributed by atoms with Gasteiger partial charge in [-0.2, -0.15) is 0 Å². The molecule has 0 heterocycles. The van der Waals surface area contributed by atoms with Crippen LogP contribution in [0.15, 0.2) is 0 Å². The quantitative estimate of drug-likeness (QED) is 0.508. The van der Waals surface area contributed by atoms with E-state index in [9.17, 15) is 9.59 Å².